The van der Waals surface area contributed by atoms with Gasteiger partial charge < -0.3 is 21.1 Å². The molecule has 0 fully saturated rings. The van der Waals surface area contributed by atoms with Crippen LogP contribution in [0.3, 0.4) is 0 Å². The number of nitrogens with one attached hydrogen (secondary N) is 3. The zero-order valence-corrected chi connectivity index (χ0v) is 22.4. The van der Waals surface area contributed by atoms with E-state index in [0.717, 1.165) is 23.1 Å². The molecule has 1 aliphatic rings. The van der Waals surface area contributed by atoms with Crippen LogP contribution in [0.15, 0.2) is 30.3 Å². The first kappa shape index (κ1) is 28.5. The first-order valence-corrected chi connectivity index (χ1v) is 12.9. The number of benzene rings is 1. The van der Waals surface area contributed by atoms with Gasteiger partial charge in [0.1, 0.15) is 17.1 Å². The SMILES string of the molecule is CCC(C)C(NC(=O)C(NC(=O)C=C1c2ccccc2C(=S)NC1C(C)CC)C(C)CC)C(=O)O. The fourth-order valence-electron chi connectivity index (χ4n) is 4.21. The van der Waals surface area contributed by atoms with Gasteiger partial charge in [-0.2, -0.15) is 0 Å². The van der Waals surface area contributed by atoms with Crippen molar-refractivity contribution in [1.29, 1.82) is 0 Å². The molecule has 0 saturated carbocycles. The second-order valence-corrected chi connectivity index (χ2v) is 9.97. The molecule has 8 heteroatoms. The lowest BCUT2D eigenvalue weighted by Gasteiger charge is -2.34. The largest absolute Gasteiger partial charge is 0.480 e. The molecule has 2 amide bonds. The van der Waals surface area contributed by atoms with Gasteiger partial charge in [0.2, 0.25) is 11.8 Å². The lowest BCUT2D eigenvalue weighted by molar-refractivity contribution is -0.144. The van der Waals surface area contributed by atoms with Crippen LogP contribution < -0.4 is 16.0 Å². The number of carbonyl (C=O) groups excluding carboxylic acids is 2. The van der Waals surface area contributed by atoms with E-state index in [9.17, 15) is 19.5 Å². The normalized spacial score (nSPS) is 20.6. The van der Waals surface area contributed by atoms with Crippen LogP contribution in [-0.2, 0) is 14.4 Å². The van der Waals surface area contributed by atoms with Crippen molar-refractivity contribution >= 4 is 40.6 Å². The molecule has 6 atom stereocenters. The summed E-state index contributed by atoms with van der Waals surface area (Å²) in [5.74, 6) is -2.16. The topological polar surface area (TPSA) is 108 Å². The summed E-state index contributed by atoms with van der Waals surface area (Å²) in [6.07, 6.45) is 3.70. The molecule has 0 bridgehead atoms. The Labute approximate surface area is 214 Å². The Morgan fingerprint density at radius 2 is 1.54 bits per heavy atom. The molecule has 192 valence electrons. The van der Waals surface area contributed by atoms with Gasteiger partial charge in [0, 0.05) is 11.6 Å². The van der Waals surface area contributed by atoms with Crippen molar-refractivity contribution in [2.45, 2.75) is 78.9 Å². The van der Waals surface area contributed by atoms with Crippen molar-refractivity contribution in [2.75, 3.05) is 0 Å². The van der Waals surface area contributed by atoms with Crippen LogP contribution in [0.25, 0.3) is 5.57 Å². The van der Waals surface area contributed by atoms with Crippen LogP contribution >= 0.6 is 12.2 Å². The number of hydrogen-bond donors (Lipinski definition) is 4. The van der Waals surface area contributed by atoms with Crippen LogP contribution in [0.1, 0.15) is 71.9 Å². The maximum atomic E-state index is 13.3. The number of aliphatic carboxylic acids is 1. The van der Waals surface area contributed by atoms with Gasteiger partial charge in [0.15, 0.2) is 0 Å². The van der Waals surface area contributed by atoms with E-state index in [0.29, 0.717) is 17.8 Å². The minimum atomic E-state index is -1.08. The number of carbonyl (C=O) groups is 3. The molecule has 0 spiro atoms. The third-order valence-corrected chi connectivity index (χ3v) is 7.51. The van der Waals surface area contributed by atoms with Gasteiger partial charge >= 0.3 is 5.97 Å². The molecular weight excluding hydrogens is 462 g/mol. The summed E-state index contributed by atoms with van der Waals surface area (Å²) in [7, 11) is 0. The monoisotopic (exact) mass is 501 g/mol. The summed E-state index contributed by atoms with van der Waals surface area (Å²) >= 11 is 5.58. The Kier molecular flexibility index (Phi) is 10.4. The van der Waals surface area contributed by atoms with Gasteiger partial charge in [-0.05, 0) is 28.9 Å². The van der Waals surface area contributed by atoms with Crippen LogP contribution in [0.2, 0.25) is 0 Å². The molecule has 0 saturated heterocycles. The number of carboxylic acids is 1. The van der Waals surface area contributed by atoms with E-state index in [1.807, 2.05) is 45.0 Å². The van der Waals surface area contributed by atoms with E-state index < -0.39 is 29.9 Å². The van der Waals surface area contributed by atoms with Crippen molar-refractivity contribution < 1.29 is 19.5 Å². The third-order valence-electron chi connectivity index (χ3n) is 7.17. The van der Waals surface area contributed by atoms with Crippen molar-refractivity contribution in [1.82, 2.24) is 16.0 Å². The third kappa shape index (κ3) is 6.90. The van der Waals surface area contributed by atoms with Gasteiger partial charge in [0.05, 0.1) is 6.04 Å². The first-order valence-electron chi connectivity index (χ1n) is 12.5. The summed E-state index contributed by atoms with van der Waals surface area (Å²) in [6, 6.07) is 5.71. The summed E-state index contributed by atoms with van der Waals surface area (Å²) < 4.78 is 0. The van der Waals surface area contributed by atoms with Crippen LogP contribution in [0.5, 0.6) is 0 Å². The predicted octanol–water partition coefficient (Wildman–Crippen LogP) is 3.91. The van der Waals surface area contributed by atoms with Gasteiger partial charge in [-0.3, -0.25) is 9.59 Å². The molecule has 1 aliphatic heterocycles. The highest BCUT2D eigenvalue weighted by Crippen LogP contribution is 2.32. The number of thiocarbonyl (C=S) groups is 1. The average molecular weight is 502 g/mol. The van der Waals surface area contributed by atoms with Crippen molar-refractivity contribution in [3.05, 3.63) is 41.5 Å². The Bertz CT molecular complexity index is 977. The maximum absolute atomic E-state index is 13.3. The van der Waals surface area contributed by atoms with E-state index in [2.05, 4.69) is 29.8 Å². The van der Waals surface area contributed by atoms with Crippen molar-refractivity contribution in [3.8, 4) is 0 Å². The molecule has 6 unspecified atom stereocenters. The molecule has 2 rings (SSSR count). The highest BCUT2D eigenvalue weighted by Gasteiger charge is 2.33. The van der Waals surface area contributed by atoms with Crippen LogP contribution in [-0.4, -0.2) is 46.0 Å². The second kappa shape index (κ2) is 12.8. The fraction of sp³-hybridized carbons (Fsp3) is 0.556. The summed E-state index contributed by atoms with van der Waals surface area (Å²) in [6.45, 7) is 11.7. The van der Waals surface area contributed by atoms with Crippen molar-refractivity contribution in [3.63, 3.8) is 0 Å². The average Bonchev–Trinajstić information content (AvgIpc) is 2.85. The lowest BCUT2D eigenvalue weighted by Crippen LogP contribution is -2.55. The van der Waals surface area contributed by atoms with Gasteiger partial charge in [-0.1, -0.05) is 97.3 Å². The smallest absolute Gasteiger partial charge is 0.326 e. The second-order valence-electron chi connectivity index (χ2n) is 9.56. The van der Waals surface area contributed by atoms with E-state index >= 15 is 0 Å². The number of rotatable bonds is 11. The molecule has 35 heavy (non-hydrogen) atoms. The molecule has 0 radical (unpaired) electrons. The first-order chi connectivity index (χ1) is 16.5. The fourth-order valence-corrected chi connectivity index (χ4v) is 4.52. The molecule has 7 nitrogen and oxygen atoms in total. The quantitative estimate of drug-likeness (QED) is 0.271. The molecular formula is C27H39N3O4S. The van der Waals surface area contributed by atoms with Gasteiger partial charge in [-0.25, -0.2) is 4.79 Å². The zero-order chi connectivity index (χ0) is 26.3. The molecule has 1 heterocycles. The van der Waals surface area contributed by atoms with Crippen LogP contribution in [0.4, 0.5) is 0 Å². The maximum Gasteiger partial charge on any atom is 0.326 e. The molecule has 1 aromatic rings. The number of fused-ring (bicyclic) bond motifs is 1. The van der Waals surface area contributed by atoms with Gasteiger partial charge in [0.25, 0.3) is 0 Å². The predicted molar refractivity (Wildman–Crippen MR) is 143 cm³/mol. The Hall–Kier alpha value is -2.74. The summed E-state index contributed by atoms with van der Waals surface area (Å²) in [4.78, 5) is 38.8. The lowest BCUT2D eigenvalue weighted by atomic mass is 9.83. The van der Waals surface area contributed by atoms with Crippen molar-refractivity contribution in [2.24, 2.45) is 17.8 Å². The molecule has 0 aliphatic carbocycles. The van der Waals surface area contributed by atoms with E-state index in [-0.39, 0.29) is 23.8 Å². The number of carboxylic acid groups (broad SMARTS) is 1. The summed E-state index contributed by atoms with van der Waals surface area (Å²) in [5, 5.41) is 18.5. The van der Waals surface area contributed by atoms with E-state index in [1.165, 1.54) is 0 Å². The Morgan fingerprint density at radius 1 is 0.971 bits per heavy atom. The Morgan fingerprint density at radius 3 is 2.09 bits per heavy atom. The highest BCUT2D eigenvalue weighted by atomic mass is 32.1. The number of hydrogen-bond acceptors (Lipinski definition) is 4. The zero-order valence-electron chi connectivity index (χ0n) is 21.6. The number of amides is 2. The highest BCUT2D eigenvalue weighted by molar-refractivity contribution is 7.80. The van der Waals surface area contributed by atoms with Gasteiger partial charge in [-0.15, -0.1) is 0 Å². The Balaban J connectivity index is 2.37. The van der Waals surface area contributed by atoms with E-state index in [1.54, 1.807) is 13.0 Å². The minimum Gasteiger partial charge on any atom is -0.480 e. The van der Waals surface area contributed by atoms with E-state index in [4.69, 9.17) is 12.2 Å². The standard InChI is InChI=1S/C27H39N3O4S/c1-7-15(4)22-20(18-12-10-11-13-19(18)26(35)30-22)14-21(31)28-23(16(5)8-2)25(32)29-24(27(33)34)17(6)9-3/h10-17,22-24H,7-9H2,1-6H3,(H,28,31)(H,29,32)(H,30,35)(H,33,34). The van der Waals surface area contributed by atoms with Crippen LogP contribution in [0, 0.1) is 17.8 Å². The summed E-state index contributed by atoms with van der Waals surface area (Å²) in [5.41, 5.74) is 2.60. The minimum absolute atomic E-state index is 0.134. The molecule has 1 aromatic carbocycles. The molecule has 0 aromatic heterocycles. The molecule has 4 N–H and O–H groups in total.